The molecule has 0 heterocycles. The first kappa shape index (κ1) is 20.0. The van der Waals surface area contributed by atoms with E-state index < -0.39 is 51.9 Å². The largest absolute Gasteiger partial charge is 0.508 e. The maximum Gasteiger partial charge on any atom is 0.492 e. The number of aliphatic hydroxyl groups is 2. The lowest BCUT2D eigenvalue weighted by atomic mass is 9.94. The first-order valence-electron chi connectivity index (χ1n) is 7.18. The highest BCUT2D eigenvalue weighted by atomic mass is 19.2. The van der Waals surface area contributed by atoms with Crippen LogP contribution in [-0.2, 0) is 0 Å². The van der Waals surface area contributed by atoms with Crippen LogP contribution in [0.4, 0.5) is 17.6 Å². The summed E-state index contributed by atoms with van der Waals surface area (Å²) in [5.74, 6) is -7.57. The Kier molecular flexibility index (Phi) is 6.02. The van der Waals surface area contributed by atoms with E-state index in [1.54, 1.807) is 13.8 Å². The molecule has 4 nitrogen and oxygen atoms in total. The lowest BCUT2D eigenvalue weighted by molar-refractivity contribution is -0.375. The normalized spacial score (nSPS) is 11.5. The number of fused-ring (bicyclic) bond motifs is 1. The Labute approximate surface area is 135 Å². The summed E-state index contributed by atoms with van der Waals surface area (Å²) in [6, 6.07) is 1.92. The Morgan fingerprint density at radius 2 is 1.54 bits per heavy atom. The van der Waals surface area contributed by atoms with Crippen LogP contribution in [0.25, 0.3) is 10.8 Å². The van der Waals surface area contributed by atoms with Gasteiger partial charge in [-0.05, 0) is 23.6 Å². The molecule has 0 aliphatic heterocycles. The summed E-state index contributed by atoms with van der Waals surface area (Å²) in [4.78, 5) is 0. The number of hydrogen-bond acceptors (Lipinski definition) is 4. The molecular formula is C16H18F4O4. The Morgan fingerprint density at radius 3 is 2.00 bits per heavy atom. The van der Waals surface area contributed by atoms with E-state index in [1.165, 1.54) is 0 Å². The zero-order chi connectivity index (χ0) is 18.8. The lowest BCUT2D eigenvalue weighted by Gasteiger charge is -2.19. The molecule has 0 amide bonds. The van der Waals surface area contributed by atoms with E-state index in [0.29, 0.717) is 0 Å². The van der Waals surface area contributed by atoms with Crippen LogP contribution in [0.15, 0.2) is 12.1 Å². The molecule has 0 radical (unpaired) electrons. The van der Waals surface area contributed by atoms with Crippen molar-refractivity contribution in [2.75, 3.05) is 0 Å². The molecule has 0 atom stereocenters. The maximum atomic E-state index is 13.9. The van der Waals surface area contributed by atoms with E-state index in [4.69, 9.17) is 10.2 Å². The molecule has 0 unspecified atom stereocenters. The van der Waals surface area contributed by atoms with E-state index in [-0.39, 0.29) is 5.56 Å². The van der Waals surface area contributed by atoms with Crippen LogP contribution in [0.3, 0.4) is 0 Å². The fraction of sp³-hybridized carbons (Fsp3) is 0.375. The predicted octanol–water partition coefficient (Wildman–Crippen LogP) is 4.06. The van der Waals surface area contributed by atoms with Crippen molar-refractivity contribution in [1.82, 2.24) is 0 Å². The summed E-state index contributed by atoms with van der Waals surface area (Å²) in [5, 5.41) is 25.8. The smallest absolute Gasteiger partial charge is 0.492 e. The Balaban J connectivity index is 0.00000139. The zero-order valence-corrected chi connectivity index (χ0v) is 13.5. The molecule has 0 aliphatic carbocycles. The summed E-state index contributed by atoms with van der Waals surface area (Å²) in [7, 11) is 0. The minimum Gasteiger partial charge on any atom is -0.508 e. The number of ether oxygens (including phenoxy) is 1. The average molecular weight is 350 g/mol. The first-order chi connectivity index (χ1) is 11.0. The molecule has 0 aliphatic rings. The summed E-state index contributed by atoms with van der Waals surface area (Å²) < 4.78 is 58.2. The number of alkyl halides is 1. The van der Waals surface area contributed by atoms with Crippen molar-refractivity contribution in [2.45, 2.75) is 39.8 Å². The minimum absolute atomic E-state index is 0.104. The summed E-state index contributed by atoms with van der Waals surface area (Å²) in [5.41, 5.74) is 0.104. The van der Waals surface area contributed by atoms with Gasteiger partial charge in [0.05, 0.1) is 0 Å². The Morgan fingerprint density at radius 1 is 1.00 bits per heavy atom. The van der Waals surface area contributed by atoms with Crippen LogP contribution >= 0.6 is 0 Å². The molecular weight excluding hydrogens is 332 g/mol. The van der Waals surface area contributed by atoms with Gasteiger partial charge in [0.15, 0.2) is 17.4 Å². The third kappa shape index (κ3) is 3.88. The van der Waals surface area contributed by atoms with E-state index in [9.17, 15) is 22.7 Å². The molecule has 24 heavy (non-hydrogen) atoms. The van der Waals surface area contributed by atoms with Crippen LogP contribution in [0.2, 0.25) is 0 Å². The van der Waals surface area contributed by atoms with E-state index in [2.05, 4.69) is 4.74 Å². The van der Waals surface area contributed by atoms with Crippen LogP contribution in [0, 0.1) is 17.5 Å². The number of aromatic hydroxyl groups is 1. The van der Waals surface area contributed by atoms with Gasteiger partial charge < -0.3 is 20.1 Å². The summed E-state index contributed by atoms with van der Waals surface area (Å²) in [6.45, 7) is 7.19. The van der Waals surface area contributed by atoms with E-state index in [1.807, 2.05) is 13.8 Å². The number of phenolic OH excluding ortho intramolecular Hbond substituents is 1. The highest BCUT2D eigenvalue weighted by Gasteiger charge is 2.32. The number of benzene rings is 2. The Bertz CT molecular complexity index is 739. The second-order valence-corrected chi connectivity index (χ2v) is 5.01. The van der Waals surface area contributed by atoms with Crippen molar-refractivity contribution < 1.29 is 37.6 Å². The van der Waals surface area contributed by atoms with E-state index in [0.717, 1.165) is 12.1 Å². The van der Waals surface area contributed by atoms with Crippen molar-refractivity contribution in [3.8, 4) is 11.5 Å². The number of rotatable bonds is 3. The van der Waals surface area contributed by atoms with Gasteiger partial charge in [0, 0.05) is 10.8 Å². The number of halogens is 4. The number of hydrogen-bond donors (Lipinski definition) is 3. The highest BCUT2D eigenvalue weighted by Crippen LogP contribution is 2.41. The van der Waals surface area contributed by atoms with Crippen LogP contribution in [0.5, 0.6) is 11.5 Å². The third-order valence-electron chi connectivity index (χ3n) is 3.06. The standard InChI is InChI=1S/C14H12F4O4.C2H6/c1-5(2)7-3-6(19)4-8-9(7)13(22-14(18,20)21)12(17)11(16)10(8)15;1-2/h3-5,19-21H,1-2H3;1-2H3. The molecule has 3 N–H and O–H groups in total. The van der Waals surface area contributed by atoms with Crippen molar-refractivity contribution in [2.24, 2.45) is 0 Å². The zero-order valence-electron chi connectivity index (χ0n) is 13.5. The molecule has 134 valence electrons. The van der Waals surface area contributed by atoms with Crippen molar-refractivity contribution >= 4 is 10.8 Å². The van der Waals surface area contributed by atoms with Crippen LogP contribution in [-0.4, -0.2) is 21.5 Å². The topological polar surface area (TPSA) is 69.9 Å². The van der Waals surface area contributed by atoms with Gasteiger partial charge in [0.2, 0.25) is 5.82 Å². The minimum atomic E-state index is -4.29. The SMILES string of the molecule is CC.CC(C)c1cc(O)cc2c(F)c(F)c(F)c(OC(O)(O)F)c12. The van der Waals surface area contributed by atoms with Crippen molar-refractivity contribution in [3.63, 3.8) is 0 Å². The summed E-state index contributed by atoms with van der Waals surface area (Å²) in [6.07, 6.45) is -4.29. The van der Waals surface area contributed by atoms with Gasteiger partial charge in [-0.1, -0.05) is 27.7 Å². The fourth-order valence-electron chi connectivity index (χ4n) is 2.18. The predicted molar refractivity (Wildman–Crippen MR) is 79.8 cm³/mol. The maximum absolute atomic E-state index is 13.9. The molecule has 2 aromatic rings. The monoisotopic (exact) mass is 350 g/mol. The van der Waals surface area contributed by atoms with Gasteiger partial charge >= 0.3 is 6.23 Å². The third-order valence-corrected chi connectivity index (χ3v) is 3.06. The lowest BCUT2D eigenvalue weighted by Crippen LogP contribution is -2.30. The van der Waals surface area contributed by atoms with Gasteiger partial charge in [-0.15, -0.1) is 4.39 Å². The quantitative estimate of drug-likeness (QED) is 0.444. The van der Waals surface area contributed by atoms with Crippen molar-refractivity contribution in [3.05, 3.63) is 35.1 Å². The molecule has 2 rings (SSSR count). The second-order valence-electron chi connectivity index (χ2n) is 5.01. The van der Waals surface area contributed by atoms with Gasteiger partial charge in [-0.2, -0.15) is 4.39 Å². The average Bonchev–Trinajstić information content (AvgIpc) is 2.49. The van der Waals surface area contributed by atoms with Gasteiger partial charge in [-0.25, -0.2) is 8.78 Å². The molecule has 0 aromatic heterocycles. The van der Waals surface area contributed by atoms with Crippen LogP contribution < -0.4 is 4.74 Å². The molecule has 0 saturated heterocycles. The molecule has 8 heteroatoms. The van der Waals surface area contributed by atoms with Gasteiger partial charge in [-0.3, -0.25) is 0 Å². The fourth-order valence-corrected chi connectivity index (χ4v) is 2.18. The molecule has 2 aromatic carbocycles. The molecule has 0 saturated carbocycles. The molecule has 0 bridgehead atoms. The second kappa shape index (κ2) is 7.23. The summed E-state index contributed by atoms with van der Waals surface area (Å²) >= 11 is 0. The van der Waals surface area contributed by atoms with Gasteiger partial charge in [0.1, 0.15) is 5.75 Å². The van der Waals surface area contributed by atoms with Gasteiger partial charge in [0.25, 0.3) is 0 Å². The molecule has 0 fully saturated rings. The highest BCUT2D eigenvalue weighted by molar-refractivity contribution is 5.93. The first-order valence-corrected chi connectivity index (χ1v) is 7.18. The van der Waals surface area contributed by atoms with E-state index >= 15 is 0 Å². The number of phenols is 1. The van der Waals surface area contributed by atoms with Crippen molar-refractivity contribution in [1.29, 1.82) is 0 Å². The Hall–Kier alpha value is -2.06. The molecule has 0 spiro atoms. The van der Waals surface area contributed by atoms with Crippen LogP contribution in [0.1, 0.15) is 39.2 Å².